The van der Waals surface area contributed by atoms with E-state index in [1.54, 1.807) is 6.07 Å². The molecule has 3 rings (SSSR count). The van der Waals surface area contributed by atoms with Gasteiger partial charge in [0.25, 0.3) is 5.91 Å². The molecule has 0 heterocycles. The van der Waals surface area contributed by atoms with Crippen LogP contribution in [-0.2, 0) is 4.79 Å². The first-order valence-corrected chi connectivity index (χ1v) is 12.3. The minimum Gasteiger partial charge on any atom is -0.382 e. The second-order valence-corrected chi connectivity index (χ2v) is 9.36. The van der Waals surface area contributed by atoms with Gasteiger partial charge in [0, 0.05) is 43.3 Å². The number of hydrogen-bond donors (Lipinski definition) is 6. The zero-order valence-electron chi connectivity index (χ0n) is 19.6. The SMILES string of the molecule is CC(CC(=O)NCCNC(=O)c1cc(F)c(NC2CCCCC2)cc1NC1CCCC1)NN. The van der Waals surface area contributed by atoms with Crippen LogP contribution in [-0.4, -0.2) is 43.0 Å². The van der Waals surface area contributed by atoms with Gasteiger partial charge in [-0.15, -0.1) is 0 Å². The Morgan fingerprint density at radius 1 is 0.939 bits per heavy atom. The molecule has 2 saturated carbocycles. The van der Waals surface area contributed by atoms with Crippen molar-refractivity contribution in [1.82, 2.24) is 16.1 Å². The van der Waals surface area contributed by atoms with E-state index in [0.717, 1.165) is 51.4 Å². The lowest BCUT2D eigenvalue weighted by Crippen LogP contribution is -2.40. The number of hydrogen-bond acceptors (Lipinski definition) is 6. The van der Waals surface area contributed by atoms with E-state index in [1.165, 1.54) is 12.5 Å². The molecule has 0 aromatic heterocycles. The molecule has 0 saturated heterocycles. The number of carbonyl (C=O) groups excluding carboxylic acids is 2. The standard InChI is InChI=1S/C24H39FN6O2/c1-16(31-26)13-23(32)27-11-12-28-24(33)19-14-20(25)22(30-18-7-3-2-4-8-18)15-21(19)29-17-9-5-6-10-17/h14-18,29-31H,2-13,26H2,1H3,(H,27,32)(H,28,33). The molecule has 2 fully saturated rings. The highest BCUT2D eigenvalue weighted by molar-refractivity contribution is 6.00. The second-order valence-electron chi connectivity index (χ2n) is 9.36. The Kier molecular flexibility index (Phi) is 9.75. The van der Waals surface area contributed by atoms with Gasteiger partial charge in [-0.2, -0.15) is 0 Å². The number of anilines is 2. The molecule has 9 heteroatoms. The summed E-state index contributed by atoms with van der Waals surface area (Å²) < 4.78 is 15.0. The molecule has 0 aliphatic heterocycles. The number of carbonyl (C=O) groups is 2. The molecule has 2 aliphatic rings. The molecule has 8 nitrogen and oxygen atoms in total. The minimum atomic E-state index is -0.417. The highest BCUT2D eigenvalue weighted by Gasteiger charge is 2.22. The Bertz CT molecular complexity index is 793. The van der Waals surface area contributed by atoms with Crippen molar-refractivity contribution in [1.29, 1.82) is 0 Å². The van der Waals surface area contributed by atoms with Crippen LogP contribution in [0.25, 0.3) is 0 Å². The van der Waals surface area contributed by atoms with Gasteiger partial charge < -0.3 is 21.3 Å². The summed E-state index contributed by atoms with van der Waals surface area (Å²) in [6, 6.07) is 3.51. The molecule has 33 heavy (non-hydrogen) atoms. The van der Waals surface area contributed by atoms with Crippen LogP contribution in [0.2, 0.25) is 0 Å². The minimum absolute atomic E-state index is 0.132. The fourth-order valence-electron chi connectivity index (χ4n) is 4.63. The Hall–Kier alpha value is -2.39. The third-order valence-corrected chi connectivity index (χ3v) is 6.54. The lowest BCUT2D eigenvalue weighted by atomic mass is 9.95. The number of nitrogens with two attached hydrogens (primary N) is 1. The van der Waals surface area contributed by atoms with Gasteiger partial charge in [-0.05, 0) is 44.7 Å². The fourth-order valence-corrected chi connectivity index (χ4v) is 4.63. The summed E-state index contributed by atoms with van der Waals surface area (Å²) >= 11 is 0. The Balaban J connectivity index is 1.63. The van der Waals surface area contributed by atoms with Crippen LogP contribution in [0.1, 0.15) is 81.5 Å². The molecule has 7 N–H and O–H groups in total. The first-order valence-electron chi connectivity index (χ1n) is 12.3. The van der Waals surface area contributed by atoms with E-state index in [9.17, 15) is 14.0 Å². The number of amides is 2. The van der Waals surface area contributed by atoms with Crippen LogP contribution in [0.5, 0.6) is 0 Å². The molecule has 0 bridgehead atoms. The van der Waals surface area contributed by atoms with Crippen molar-refractivity contribution in [3.05, 3.63) is 23.5 Å². The van der Waals surface area contributed by atoms with Gasteiger partial charge in [0.05, 0.1) is 11.3 Å². The van der Waals surface area contributed by atoms with Crippen molar-refractivity contribution in [3.8, 4) is 0 Å². The van der Waals surface area contributed by atoms with Crippen molar-refractivity contribution in [2.24, 2.45) is 5.84 Å². The largest absolute Gasteiger partial charge is 0.382 e. The van der Waals surface area contributed by atoms with Gasteiger partial charge in [-0.25, -0.2) is 4.39 Å². The average Bonchev–Trinajstić information content (AvgIpc) is 3.32. The lowest BCUT2D eigenvalue weighted by molar-refractivity contribution is -0.121. The van der Waals surface area contributed by atoms with Crippen molar-refractivity contribution in [2.75, 3.05) is 23.7 Å². The molecule has 1 aromatic carbocycles. The van der Waals surface area contributed by atoms with Gasteiger partial charge in [-0.3, -0.25) is 20.9 Å². The first kappa shape index (κ1) is 25.2. The fraction of sp³-hybridized carbons (Fsp3) is 0.667. The molecule has 1 unspecified atom stereocenters. The lowest BCUT2D eigenvalue weighted by Gasteiger charge is -2.25. The van der Waals surface area contributed by atoms with E-state index < -0.39 is 5.82 Å². The Morgan fingerprint density at radius 3 is 2.15 bits per heavy atom. The average molecular weight is 463 g/mol. The summed E-state index contributed by atoms with van der Waals surface area (Å²) in [6.07, 6.45) is 10.3. The van der Waals surface area contributed by atoms with Gasteiger partial charge in [-0.1, -0.05) is 32.1 Å². The van der Waals surface area contributed by atoms with Crippen molar-refractivity contribution >= 4 is 23.2 Å². The van der Waals surface area contributed by atoms with Gasteiger partial charge in [0.2, 0.25) is 5.91 Å². The predicted molar refractivity (Wildman–Crippen MR) is 130 cm³/mol. The maximum atomic E-state index is 15.0. The first-order chi connectivity index (χ1) is 16.0. The van der Waals surface area contributed by atoms with Crippen molar-refractivity contribution in [3.63, 3.8) is 0 Å². The highest BCUT2D eigenvalue weighted by atomic mass is 19.1. The number of benzene rings is 1. The van der Waals surface area contributed by atoms with Crippen LogP contribution < -0.4 is 32.5 Å². The predicted octanol–water partition coefficient (Wildman–Crippen LogP) is 3.01. The van der Waals surface area contributed by atoms with E-state index in [1.807, 2.05) is 6.92 Å². The number of hydrazine groups is 1. The van der Waals surface area contributed by atoms with Crippen LogP contribution in [0.3, 0.4) is 0 Å². The van der Waals surface area contributed by atoms with Gasteiger partial charge >= 0.3 is 0 Å². The molecule has 2 aliphatic carbocycles. The van der Waals surface area contributed by atoms with Gasteiger partial charge in [0.1, 0.15) is 5.82 Å². The monoisotopic (exact) mass is 462 g/mol. The van der Waals surface area contributed by atoms with Crippen LogP contribution in [0.4, 0.5) is 15.8 Å². The Morgan fingerprint density at radius 2 is 1.52 bits per heavy atom. The third-order valence-electron chi connectivity index (χ3n) is 6.54. The zero-order valence-corrected chi connectivity index (χ0v) is 19.6. The quantitative estimate of drug-likeness (QED) is 0.171. The van der Waals surface area contributed by atoms with Crippen LogP contribution >= 0.6 is 0 Å². The molecular weight excluding hydrogens is 423 g/mol. The maximum Gasteiger partial charge on any atom is 0.253 e. The summed E-state index contributed by atoms with van der Waals surface area (Å²) in [6.45, 7) is 2.35. The van der Waals surface area contributed by atoms with E-state index in [2.05, 4.69) is 26.7 Å². The van der Waals surface area contributed by atoms with Crippen molar-refractivity contribution < 1.29 is 14.0 Å². The zero-order chi connectivity index (χ0) is 23.6. The van der Waals surface area contributed by atoms with E-state index in [-0.39, 0.29) is 43.4 Å². The number of rotatable bonds is 11. The summed E-state index contributed by atoms with van der Waals surface area (Å²) in [4.78, 5) is 24.7. The molecule has 2 amide bonds. The summed E-state index contributed by atoms with van der Waals surface area (Å²) in [5.74, 6) is 4.37. The second kappa shape index (κ2) is 12.7. The maximum absolute atomic E-state index is 15.0. The molecule has 1 aromatic rings. The van der Waals surface area contributed by atoms with E-state index in [4.69, 9.17) is 5.84 Å². The third kappa shape index (κ3) is 7.85. The van der Waals surface area contributed by atoms with Crippen LogP contribution in [0.15, 0.2) is 12.1 Å². The molecule has 0 spiro atoms. The smallest absolute Gasteiger partial charge is 0.253 e. The van der Waals surface area contributed by atoms with Crippen molar-refractivity contribution in [2.45, 2.75) is 89.3 Å². The molecule has 184 valence electrons. The van der Waals surface area contributed by atoms with E-state index >= 15 is 0 Å². The Labute approximate surface area is 196 Å². The molecule has 0 radical (unpaired) electrons. The normalized spacial score (nSPS) is 18.0. The topological polar surface area (TPSA) is 120 Å². The van der Waals surface area contributed by atoms with Gasteiger partial charge in [0.15, 0.2) is 0 Å². The summed E-state index contributed by atoms with van der Waals surface area (Å²) in [5, 5.41) is 12.4. The summed E-state index contributed by atoms with van der Waals surface area (Å²) in [7, 11) is 0. The van der Waals surface area contributed by atoms with E-state index in [0.29, 0.717) is 23.0 Å². The number of nitrogens with one attached hydrogen (secondary N) is 5. The molecule has 1 atom stereocenters. The number of halogens is 1. The van der Waals surface area contributed by atoms with Crippen LogP contribution in [0, 0.1) is 5.82 Å². The summed E-state index contributed by atoms with van der Waals surface area (Å²) in [5.41, 5.74) is 3.92. The highest BCUT2D eigenvalue weighted by Crippen LogP contribution is 2.30. The molecular formula is C24H39FN6O2.